The van der Waals surface area contributed by atoms with E-state index in [1.54, 1.807) is 0 Å². The van der Waals surface area contributed by atoms with Crippen LogP contribution in [0.2, 0.25) is 0 Å². The predicted octanol–water partition coefficient (Wildman–Crippen LogP) is 8.00. The molecule has 1 aromatic carbocycles. The van der Waals surface area contributed by atoms with E-state index in [1.165, 1.54) is 16.7 Å². The molecule has 1 heterocycles. The highest BCUT2D eigenvalue weighted by Gasteiger charge is 2.06. The summed E-state index contributed by atoms with van der Waals surface area (Å²) in [5.74, 6) is 0.538. The molecule has 0 radical (unpaired) electrons. The Bertz CT molecular complexity index is 669. The van der Waals surface area contributed by atoms with Gasteiger partial charge in [0.05, 0.1) is 0 Å². The lowest BCUT2D eigenvalue weighted by atomic mass is 10.0. The first-order valence-corrected chi connectivity index (χ1v) is 9.40. The Kier molecular flexibility index (Phi) is 11.9. The zero-order valence-electron chi connectivity index (χ0n) is 17.1. The first kappa shape index (κ1) is 22.7. The molecule has 0 saturated heterocycles. The fourth-order valence-electron chi connectivity index (χ4n) is 2.26. The molecule has 0 saturated carbocycles. The molecule has 1 nitrogen and oxygen atoms in total. The smallest absolute Gasteiger partial charge is 0.0457 e. The Labute approximate surface area is 155 Å². The third-order valence-corrected chi connectivity index (χ3v) is 3.57. The van der Waals surface area contributed by atoms with Gasteiger partial charge < -0.3 is 4.98 Å². The molecule has 0 aliphatic heterocycles. The van der Waals surface area contributed by atoms with Crippen molar-refractivity contribution in [2.75, 3.05) is 0 Å². The van der Waals surface area contributed by atoms with Crippen molar-refractivity contribution in [2.45, 2.75) is 54.4 Å². The van der Waals surface area contributed by atoms with Crippen molar-refractivity contribution < 1.29 is 0 Å². The largest absolute Gasteiger partial charge is 0.361 e. The molecule has 2 rings (SSSR count). The molecular formula is C24H35N. The minimum Gasteiger partial charge on any atom is -0.361 e. The summed E-state index contributed by atoms with van der Waals surface area (Å²) in [5.41, 5.74) is 6.01. The normalized spacial score (nSPS) is 10.8. The second kappa shape index (κ2) is 13.1. The van der Waals surface area contributed by atoms with E-state index in [0.29, 0.717) is 5.92 Å². The molecule has 1 aromatic heterocycles. The van der Waals surface area contributed by atoms with Crippen LogP contribution >= 0.6 is 0 Å². The second-order valence-corrected chi connectivity index (χ2v) is 5.43. The number of nitrogens with one attached hydrogen (secondary N) is 1. The summed E-state index contributed by atoms with van der Waals surface area (Å²) in [6.07, 6.45) is 10.1. The van der Waals surface area contributed by atoms with E-state index in [-0.39, 0.29) is 0 Å². The lowest BCUT2D eigenvalue weighted by molar-refractivity contribution is 0.869. The third kappa shape index (κ3) is 7.01. The Balaban J connectivity index is 0.00000134. The second-order valence-electron chi connectivity index (χ2n) is 5.43. The molecular weight excluding hydrogens is 302 g/mol. The summed E-state index contributed by atoms with van der Waals surface area (Å²) in [6, 6.07) is 10.8. The van der Waals surface area contributed by atoms with Gasteiger partial charge in [-0.2, -0.15) is 0 Å². The number of H-pyrrole nitrogens is 1. The molecule has 0 unspecified atom stereocenters. The van der Waals surface area contributed by atoms with E-state index < -0.39 is 0 Å². The van der Waals surface area contributed by atoms with Crippen LogP contribution < -0.4 is 0 Å². The maximum absolute atomic E-state index is 3.91. The number of hydrogen-bond donors (Lipinski definition) is 1. The molecule has 0 spiro atoms. The molecule has 1 N–H and O–H groups in total. The van der Waals surface area contributed by atoms with Crippen LogP contribution in [0.15, 0.2) is 67.4 Å². The van der Waals surface area contributed by atoms with Crippen molar-refractivity contribution in [1.29, 1.82) is 0 Å². The van der Waals surface area contributed by atoms with Crippen molar-refractivity contribution in [1.82, 2.24) is 4.98 Å². The van der Waals surface area contributed by atoms with E-state index in [1.807, 2.05) is 52.8 Å². The fraction of sp³-hybridized carbons (Fsp3) is 0.333. The highest BCUT2D eigenvalue weighted by atomic mass is 14.7. The first-order chi connectivity index (χ1) is 12.2. The lowest BCUT2D eigenvalue weighted by Crippen LogP contribution is -1.84. The van der Waals surface area contributed by atoms with Gasteiger partial charge in [-0.15, -0.1) is 0 Å². The van der Waals surface area contributed by atoms with Gasteiger partial charge in [-0.05, 0) is 47.2 Å². The fourth-order valence-corrected chi connectivity index (χ4v) is 2.26. The van der Waals surface area contributed by atoms with Crippen LogP contribution in [-0.4, -0.2) is 4.98 Å². The molecule has 0 bridgehead atoms. The van der Waals surface area contributed by atoms with Crippen LogP contribution in [-0.2, 0) is 0 Å². The van der Waals surface area contributed by atoms with Crippen LogP contribution in [0.4, 0.5) is 0 Å². The number of rotatable bonds is 5. The van der Waals surface area contributed by atoms with Crippen molar-refractivity contribution in [3.8, 4) is 11.3 Å². The summed E-state index contributed by atoms with van der Waals surface area (Å²) in [4.78, 5) is 3.37. The van der Waals surface area contributed by atoms with Gasteiger partial charge in [0, 0.05) is 11.9 Å². The minimum atomic E-state index is 0.538. The number of benzene rings is 1. The van der Waals surface area contributed by atoms with Gasteiger partial charge in [0.25, 0.3) is 0 Å². The standard InChI is InChI=1S/C20H23N.2C2H6/c1-5-7-9-16(6-2)17-10-8-11-18(12-17)20-13-19(14-21-20)15(3)4;2*1-2/h5-15,21H,2H2,1,3-4H3;2*1-2H3/b7-5-,16-9+;;. The average molecular weight is 338 g/mol. The van der Waals surface area contributed by atoms with Crippen molar-refractivity contribution in [2.24, 2.45) is 0 Å². The molecule has 0 aliphatic rings. The number of allylic oxidation sites excluding steroid dienone is 5. The summed E-state index contributed by atoms with van der Waals surface area (Å²) in [7, 11) is 0. The molecule has 2 aromatic rings. The average Bonchev–Trinajstić information content (AvgIpc) is 3.17. The van der Waals surface area contributed by atoms with Gasteiger partial charge in [-0.25, -0.2) is 0 Å². The molecule has 0 amide bonds. The van der Waals surface area contributed by atoms with Crippen LogP contribution in [0, 0.1) is 0 Å². The molecule has 0 atom stereocenters. The maximum Gasteiger partial charge on any atom is 0.0457 e. The van der Waals surface area contributed by atoms with Crippen molar-refractivity contribution >= 4 is 5.57 Å². The quantitative estimate of drug-likeness (QED) is 0.532. The number of aromatic nitrogens is 1. The third-order valence-electron chi connectivity index (χ3n) is 3.57. The maximum atomic E-state index is 3.91. The topological polar surface area (TPSA) is 15.8 Å². The Morgan fingerprint density at radius 1 is 1.08 bits per heavy atom. The van der Waals surface area contributed by atoms with E-state index >= 15 is 0 Å². The van der Waals surface area contributed by atoms with Gasteiger partial charge in [-0.3, -0.25) is 0 Å². The SMILES string of the molecule is C=C/C(=C\C=C/C)c1cccc(-c2cc(C(C)C)c[nH]2)c1.CC.CC. The van der Waals surface area contributed by atoms with Crippen LogP contribution in [0.5, 0.6) is 0 Å². The van der Waals surface area contributed by atoms with E-state index in [2.05, 4.69) is 68.0 Å². The molecule has 136 valence electrons. The van der Waals surface area contributed by atoms with Crippen molar-refractivity contribution in [3.63, 3.8) is 0 Å². The highest BCUT2D eigenvalue weighted by Crippen LogP contribution is 2.26. The predicted molar refractivity (Wildman–Crippen MR) is 116 cm³/mol. The summed E-state index contributed by atoms with van der Waals surface area (Å²) >= 11 is 0. The van der Waals surface area contributed by atoms with Crippen LogP contribution in [0.25, 0.3) is 16.8 Å². The Morgan fingerprint density at radius 3 is 2.28 bits per heavy atom. The monoisotopic (exact) mass is 337 g/mol. The van der Waals surface area contributed by atoms with Gasteiger partial charge in [-0.1, -0.05) is 90.6 Å². The lowest BCUT2D eigenvalue weighted by Gasteiger charge is -2.05. The molecule has 0 fully saturated rings. The first-order valence-electron chi connectivity index (χ1n) is 9.40. The van der Waals surface area contributed by atoms with Crippen molar-refractivity contribution in [3.05, 3.63) is 78.5 Å². The molecule has 1 heteroatoms. The van der Waals surface area contributed by atoms with Gasteiger partial charge in [0.1, 0.15) is 0 Å². The summed E-state index contributed by atoms with van der Waals surface area (Å²) in [6.45, 7) is 18.3. The van der Waals surface area contributed by atoms with E-state index in [9.17, 15) is 0 Å². The van der Waals surface area contributed by atoms with E-state index in [4.69, 9.17) is 0 Å². The van der Waals surface area contributed by atoms with Crippen LogP contribution in [0.1, 0.15) is 65.5 Å². The molecule has 25 heavy (non-hydrogen) atoms. The Hall–Kier alpha value is -2.28. The Morgan fingerprint density at radius 2 is 1.76 bits per heavy atom. The van der Waals surface area contributed by atoms with Gasteiger partial charge >= 0.3 is 0 Å². The molecule has 0 aliphatic carbocycles. The number of hydrogen-bond acceptors (Lipinski definition) is 0. The van der Waals surface area contributed by atoms with Gasteiger partial charge in [0.2, 0.25) is 0 Å². The summed E-state index contributed by atoms with van der Waals surface area (Å²) < 4.78 is 0. The number of aromatic amines is 1. The van der Waals surface area contributed by atoms with Gasteiger partial charge in [0.15, 0.2) is 0 Å². The van der Waals surface area contributed by atoms with Crippen LogP contribution in [0.3, 0.4) is 0 Å². The van der Waals surface area contributed by atoms with E-state index in [0.717, 1.165) is 11.3 Å². The highest BCUT2D eigenvalue weighted by molar-refractivity contribution is 5.77. The summed E-state index contributed by atoms with van der Waals surface area (Å²) in [5, 5.41) is 0. The zero-order chi connectivity index (χ0) is 19.2. The zero-order valence-corrected chi connectivity index (χ0v) is 17.1. The minimum absolute atomic E-state index is 0.538.